The molecule has 2 nitrogen and oxygen atoms in total. The van der Waals surface area contributed by atoms with Crippen LogP contribution in [0.4, 0.5) is 0 Å². The predicted octanol–water partition coefficient (Wildman–Crippen LogP) is 1.51. The van der Waals surface area contributed by atoms with Gasteiger partial charge >= 0.3 is 0 Å². The molecule has 0 fully saturated rings. The van der Waals surface area contributed by atoms with Crippen LogP contribution >= 0.6 is 0 Å². The van der Waals surface area contributed by atoms with Gasteiger partial charge in [-0.25, -0.2) is 0 Å². The lowest BCUT2D eigenvalue weighted by atomic mass is 10.3. The van der Waals surface area contributed by atoms with Gasteiger partial charge in [-0.15, -0.1) is 0 Å². The zero-order valence-electron chi connectivity index (χ0n) is 5.65. The van der Waals surface area contributed by atoms with E-state index in [2.05, 4.69) is 17.2 Å². The highest BCUT2D eigenvalue weighted by Gasteiger charge is 1.83. The van der Waals surface area contributed by atoms with Crippen molar-refractivity contribution in [1.82, 2.24) is 5.43 Å². The van der Waals surface area contributed by atoms with E-state index >= 15 is 0 Å². The Morgan fingerprint density at radius 2 is 1.88 bits per heavy atom. The Balaban J connectivity index is 3.79. The van der Waals surface area contributed by atoms with Crippen molar-refractivity contribution in [2.24, 2.45) is 5.10 Å². The van der Waals surface area contributed by atoms with Gasteiger partial charge in [0.25, 0.3) is 0 Å². The minimum Gasteiger partial charge on any atom is -0.284 e. The first-order valence-corrected chi connectivity index (χ1v) is 2.54. The Morgan fingerprint density at radius 1 is 1.38 bits per heavy atom. The quantitative estimate of drug-likeness (QED) is 0.425. The van der Waals surface area contributed by atoms with E-state index in [1.165, 1.54) is 5.57 Å². The molecule has 0 bridgehead atoms. The summed E-state index contributed by atoms with van der Waals surface area (Å²) in [6.45, 7) is 9.29. The molecule has 0 aliphatic heterocycles. The van der Waals surface area contributed by atoms with Gasteiger partial charge in [0, 0.05) is 12.4 Å². The summed E-state index contributed by atoms with van der Waals surface area (Å²) in [6.07, 6.45) is 0. The first-order valence-electron chi connectivity index (χ1n) is 2.54. The number of allylic oxidation sites excluding steroid dienone is 2. The number of nitrogens with one attached hydrogen (secondary N) is 1. The Labute approximate surface area is 50.3 Å². The van der Waals surface area contributed by atoms with E-state index < -0.39 is 0 Å². The fourth-order valence-corrected chi connectivity index (χ4v) is 0.230. The minimum absolute atomic E-state index is 1.07. The molecule has 0 unspecified atom stereocenters. The molecule has 1 N–H and O–H groups in total. The molecule has 0 radical (unpaired) electrons. The van der Waals surface area contributed by atoms with Gasteiger partial charge in [-0.3, -0.25) is 5.43 Å². The predicted molar refractivity (Wildman–Crippen MR) is 36.7 cm³/mol. The number of hydrogen-bond donors (Lipinski definition) is 1. The molecular formula is C6H12N2. The van der Waals surface area contributed by atoms with Crippen LogP contribution in [-0.4, -0.2) is 6.72 Å². The average Bonchev–Trinajstić information content (AvgIpc) is 1.67. The summed E-state index contributed by atoms with van der Waals surface area (Å²) in [5, 5.41) is 3.50. The van der Waals surface area contributed by atoms with E-state index in [9.17, 15) is 0 Å². The molecule has 0 heterocycles. The third kappa shape index (κ3) is 2.39. The highest BCUT2D eigenvalue weighted by Crippen LogP contribution is 1.95. The van der Waals surface area contributed by atoms with Crippen LogP contribution in [0.3, 0.4) is 0 Å². The maximum Gasteiger partial charge on any atom is 0.0291 e. The molecule has 0 aromatic carbocycles. The fraction of sp³-hybridized carbons (Fsp3) is 0.500. The normalized spacial score (nSPS) is 7.88. The lowest BCUT2D eigenvalue weighted by molar-refractivity contribution is 0.876. The Morgan fingerprint density at radius 3 is 2.00 bits per heavy atom. The van der Waals surface area contributed by atoms with Crippen LogP contribution in [0.5, 0.6) is 0 Å². The molecule has 2 heteroatoms. The van der Waals surface area contributed by atoms with E-state index in [1.807, 2.05) is 20.8 Å². The van der Waals surface area contributed by atoms with Crippen LogP contribution < -0.4 is 5.43 Å². The molecular weight excluding hydrogens is 100 g/mol. The standard InChI is InChI=1S/C6H12N2/c1-5(2)6(3)8-7-4/h8H,4H2,1-3H3. The summed E-state index contributed by atoms with van der Waals surface area (Å²) in [5.41, 5.74) is 5.04. The van der Waals surface area contributed by atoms with Gasteiger partial charge in [0.1, 0.15) is 0 Å². The van der Waals surface area contributed by atoms with Crippen LogP contribution in [0, 0.1) is 0 Å². The monoisotopic (exact) mass is 112 g/mol. The molecule has 0 saturated heterocycles. The molecule has 0 aliphatic carbocycles. The van der Waals surface area contributed by atoms with Gasteiger partial charge in [0.05, 0.1) is 0 Å². The summed E-state index contributed by atoms with van der Waals surface area (Å²) in [7, 11) is 0. The molecule has 8 heavy (non-hydrogen) atoms. The molecule has 0 saturated carbocycles. The van der Waals surface area contributed by atoms with Crippen LogP contribution in [0.1, 0.15) is 20.8 Å². The van der Waals surface area contributed by atoms with Gasteiger partial charge in [0.2, 0.25) is 0 Å². The first-order chi connectivity index (χ1) is 3.68. The molecule has 46 valence electrons. The fourth-order valence-electron chi connectivity index (χ4n) is 0.230. The second-order valence-electron chi connectivity index (χ2n) is 1.89. The van der Waals surface area contributed by atoms with Crippen LogP contribution in [0.25, 0.3) is 0 Å². The van der Waals surface area contributed by atoms with Crippen molar-refractivity contribution >= 4 is 6.72 Å². The third-order valence-corrected chi connectivity index (χ3v) is 0.997. The summed E-state index contributed by atoms with van der Waals surface area (Å²) in [6, 6.07) is 0. The van der Waals surface area contributed by atoms with E-state index in [4.69, 9.17) is 0 Å². The highest BCUT2D eigenvalue weighted by molar-refractivity contribution is 5.23. The molecule has 0 rings (SSSR count). The van der Waals surface area contributed by atoms with Crippen molar-refractivity contribution in [3.63, 3.8) is 0 Å². The van der Waals surface area contributed by atoms with Gasteiger partial charge in [-0.2, -0.15) is 5.10 Å². The number of hydrogen-bond acceptors (Lipinski definition) is 2. The topological polar surface area (TPSA) is 24.4 Å². The molecule has 0 aromatic heterocycles. The molecule has 0 aliphatic rings. The SMILES string of the molecule is C=NNC(C)=C(C)C. The van der Waals surface area contributed by atoms with Gasteiger partial charge in [0.15, 0.2) is 0 Å². The van der Waals surface area contributed by atoms with E-state index in [0.29, 0.717) is 0 Å². The third-order valence-electron chi connectivity index (χ3n) is 0.997. The maximum atomic E-state index is 3.50. The zero-order chi connectivity index (χ0) is 6.57. The highest BCUT2D eigenvalue weighted by atomic mass is 15.3. The van der Waals surface area contributed by atoms with Crippen molar-refractivity contribution < 1.29 is 0 Å². The summed E-state index contributed by atoms with van der Waals surface area (Å²) in [4.78, 5) is 0. The lowest BCUT2D eigenvalue weighted by Crippen LogP contribution is -2.01. The molecule has 0 amide bonds. The molecule has 0 aromatic rings. The van der Waals surface area contributed by atoms with E-state index in [-0.39, 0.29) is 0 Å². The van der Waals surface area contributed by atoms with Crippen molar-refractivity contribution in [3.8, 4) is 0 Å². The number of hydrazone groups is 1. The van der Waals surface area contributed by atoms with Crippen molar-refractivity contribution in [2.75, 3.05) is 0 Å². The summed E-state index contributed by atoms with van der Waals surface area (Å²) in [5.74, 6) is 0. The first kappa shape index (κ1) is 7.21. The van der Waals surface area contributed by atoms with Crippen molar-refractivity contribution in [3.05, 3.63) is 11.3 Å². The summed E-state index contributed by atoms with van der Waals surface area (Å²) >= 11 is 0. The lowest BCUT2D eigenvalue weighted by Gasteiger charge is -1.98. The van der Waals surface area contributed by atoms with Crippen LogP contribution in [0.2, 0.25) is 0 Å². The number of rotatable bonds is 2. The molecule has 0 atom stereocenters. The molecule has 0 spiro atoms. The zero-order valence-corrected chi connectivity index (χ0v) is 5.65. The Hall–Kier alpha value is -0.790. The van der Waals surface area contributed by atoms with E-state index in [0.717, 1.165) is 5.70 Å². The Bertz CT molecular complexity index is 110. The average molecular weight is 112 g/mol. The largest absolute Gasteiger partial charge is 0.284 e. The maximum absolute atomic E-state index is 3.50. The van der Waals surface area contributed by atoms with E-state index in [1.54, 1.807) is 0 Å². The second kappa shape index (κ2) is 3.24. The second-order valence-corrected chi connectivity index (χ2v) is 1.89. The number of nitrogens with zero attached hydrogens (tertiary/aromatic N) is 1. The van der Waals surface area contributed by atoms with Crippen LogP contribution in [0.15, 0.2) is 16.4 Å². The van der Waals surface area contributed by atoms with Gasteiger partial charge < -0.3 is 0 Å². The van der Waals surface area contributed by atoms with Gasteiger partial charge in [-0.05, 0) is 20.8 Å². The van der Waals surface area contributed by atoms with Crippen molar-refractivity contribution in [1.29, 1.82) is 0 Å². The van der Waals surface area contributed by atoms with Crippen LogP contribution in [-0.2, 0) is 0 Å². The van der Waals surface area contributed by atoms with Crippen molar-refractivity contribution in [2.45, 2.75) is 20.8 Å². The minimum atomic E-state index is 1.07. The smallest absolute Gasteiger partial charge is 0.0291 e. The Kier molecular flexibility index (Phi) is 2.92. The van der Waals surface area contributed by atoms with Gasteiger partial charge in [-0.1, -0.05) is 5.57 Å². The summed E-state index contributed by atoms with van der Waals surface area (Å²) < 4.78 is 0.